The molecule has 0 radical (unpaired) electrons. The number of carbonyl (C=O) groups is 1. The molecule has 0 spiro atoms. The minimum atomic E-state index is 0.146. The zero-order chi connectivity index (χ0) is 13.5. The molecule has 1 fully saturated rings. The Labute approximate surface area is 119 Å². The number of hydrogen-bond acceptors (Lipinski definition) is 1. The molecule has 0 heterocycles. The van der Waals surface area contributed by atoms with E-state index < -0.39 is 0 Å². The lowest BCUT2D eigenvalue weighted by atomic mass is 9.85. The lowest BCUT2D eigenvalue weighted by molar-refractivity contribution is 0.104. The van der Waals surface area contributed by atoms with Gasteiger partial charge in [-0.2, -0.15) is 0 Å². The van der Waals surface area contributed by atoms with E-state index in [-0.39, 0.29) is 5.78 Å². The quantitative estimate of drug-likeness (QED) is 0.782. The van der Waals surface area contributed by atoms with Crippen molar-refractivity contribution in [2.75, 3.05) is 0 Å². The second kappa shape index (κ2) is 4.45. The molecule has 98 valence electrons. The van der Waals surface area contributed by atoms with E-state index in [9.17, 15) is 4.79 Å². The highest BCUT2D eigenvalue weighted by Gasteiger charge is 2.28. The molecule has 0 aromatic heterocycles. The maximum Gasteiger partial charge on any atom is 0.186 e. The van der Waals surface area contributed by atoms with E-state index in [0.29, 0.717) is 5.92 Å². The first-order valence-electron chi connectivity index (χ1n) is 7.25. The third-order valence-corrected chi connectivity index (χ3v) is 4.29. The topological polar surface area (TPSA) is 17.1 Å². The van der Waals surface area contributed by atoms with Gasteiger partial charge in [-0.3, -0.25) is 4.79 Å². The van der Waals surface area contributed by atoms with Crippen LogP contribution in [0.4, 0.5) is 0 Å². The predicted octanol–water partition coefficient (Wildman–Crippen LogP) is 4.39. The van der Waals surface area contributed by atoms with Crippen LogP contribution < -0.4 is 0 Å². The fourth-order valence-corrected chi connectivity index (χ4v) is 3.12. The van der Waals surface area contributed by atoms with Crippen molar-refractivity contribution < 1.29 is 4.79 Å². The van der Waals surface area contributed by atoms with Gasteiger partial charge in [0.25, 0.3) is 0 Å². The fraction of sp³-hybridized carbons (Fsp3) is 0.211. The Morgan fingerprint density at radius 1 is 0.850 bits per heavy atom. The molecule has 0 aliphatic heterocycles. The summed E-state index contributed by atoms with van der Waals surface area (Å²) in [5, 5.41) is 0. The molecule has 1 saturated carbocycles. The van der Waals surface area contributed by atoms with E-state index in [4.69, 9.17) is 0 Å². The van der Waals surface area contributed by atoms with Crippen molar-refractivity contribution in [3.05, 3.63) is 76.9 Å². The Morgan fingerprint density at radius 3 is 2.35 bits per heavy atom. The van der Waals surface area contributed by atoms with Crippen LogP contribution in [0.1, 0.15) is 45.8 Å². The highest BCUT2D eigenvalue weighted by Crippen LogP contribution is 2.44. The summed E-state index contributed by atoms with van der Waals surface area (Å²) in [5.74, 6) is 0.854. The number of ketones is 1. The molecule has 0 N–H and O–H groups in total. The summed E-state index contributed by atoms with van der Waals surface area (Å²) in [7, 11) is 0. The molecule has 2 aromatic rings. The van der Waals surface area contributed by atoms with E-state index in [1.54, 1.807) is 0 Å². The van der Waals surface area contributed by atoms with Crippen molar-refractivity contribution in [1.82, 2.24) is 0 Å². The molecule has 2 aliphatic carbocycles. The van der Waals surface area contributed by atoms with Gasteiger partial charge in [0.05, 0.1) is 0 Å². The molecule has 20 heavy (non-hydrogen) atoms. The first kappa shape index (κ1) is 11.7. The van der Waals surface area contributed by atoms with Gasteiger partial charge in [-0.25, -0.2) is 0 Å². The summed E-state index contributed by atoms with van der Waals surface area (Å²) in [4.78, 5) is 12.3. The van der Waals surface area contributed by atoms with E-state index in [2.05, 4.69) is 30.3 Å². The predicted molar refractivity (Wildman–Crippen MR) is 80.9 cm³/mol. The van der Waals surface area contributed by atoms with Gasteiger partial charge in [-0.15, -0.1) is 0 Å². The van der Waals surface area contributed by atoms with Crippen LogP contribution >= 0.6 is 0 Å². The lowest BCUT2D eigenvalue weighted by Gasteiger charge is -2.18. The SMILES string of the molecule is O=C1C=C(c2ccccc2C2CC2)Cc2ccccc21. The summed E-state index contributed by atoms with van der Waals surface area (Å²) >= 11 is 0. The average Bonchev–Trinajstić information content (AvgIpc) is 3.32. The molecule has 2 aliphatic rings. The number of allylic oxidation sites excluding steroid dienone is 2. The Kier molecular flexibility index (Phi) is 2.59. The number of benzene rings is 2. The van der Waals surface area contributed by atoms with Gasteiger partial charge in [0.15, 0.2) is 5.78 Å². The van der Waals surface area contributed by atoms with Crippen molar-refractivity contribution in [2.24, 2.45) is 0 Å². The van der Waals surface area contributed by atoms with Gasteiger partial charge in [-0.05, 0) is 53.5 Å². The third kappa shape index (κ3) is 1.90. The Hall–Kier alpha value is -2.15. The molecule has 1 nitrogen and oxygen atoms in total. The molecule has 2 aromatic carbocycles. The van der Waals surface area contributed by atoms with Crippen molar-refractivity contribution >= 4 is 11.4 Å². The van der Waals surface area contributed by atoms with Crippen molar-refractivity contribution in [2.45, 2.75) is 25.2 Å². The first-order valence-corrected chi connectivity index (χ1v) is 7.25. The lowest BCUT2D eigenvalue weighted by Crippen LogP contribution is -2.10. The second-order valence-electron chi connectivity index (χ2n) is 5.73. The second-order valence-corrected chi connectivity index (χ2v) is 5.73. The number of rotatable bonds is 2. The zero-order valence-electron chi connectivity index (χ0n) is 11.3. The molecular formula is C19H16O. The normalized spacial score (nSPS) is 17.6. The Morgan fingerprint density at radius 2 is 1.55 bits per heavy atom. The smallest absolute Gasteiger partial charge is 0.186 e. The summed E-state index contributed by atoms with van der Waals surface area (Å²) in [6.07, 6.45) is 5.28. The van der Waals surface area contributed by atoms with Crippen molar-refractivity contribution in [1.29, 1.82) is 0 Å². The largest absolute Gasteiger partial charge is 0.289 e. The zero-order valence-corrected chi connectivity index (χ0v) is 11.3. The molecule has 0 amide bonds. The number of fused-ring (bicyclic) bond motifs is 1. The minimum absolute atomic E-state index is 0.146. The van der Waals surface area contributed by atoms with E-state index >= 15 is 0 Å². The molecule has 0 bridgehead atoms. The van der Waals surface area contributed by atoms with Crippen molar-refractivity contribution in [3.63, 3.8) is 0 Å². The summed E-state index contributed by atoms with van der Waals surface area (Å²) in [6.45, 7) is 0. The maximum absolute atomic E-state index is 12.3. The third-order valence-electron chi connectivity index (χ3n) is 4.29. The van der Waals surface area contributed by atoms with E-state index in [0.717, 1.165) is 17.5 Å². The summed E-state index contributed by atoms with van der Waals surface area (Å²) in [5.41, 5.74) is 5.89. The first-order chi connectivity index (χ1) is 9.83. The molecule has 4 rings (SSSR count). The number of carbonyl (C=O) groups excluding carboxylic acids is 1. The molecule has 1 heteroatoms. The van der Waals surface area contributed by atoms with Crippen LogP contribution in [0.2, 0.25) is 0 Å². The summed E-state index contributed by atoms with van der Waals surface area (Å²) in [6, 6.07) is 16.5. The summed E-state index contributed by atoms with van der Waals surface area (Å²) < 4.78 is 0. The van der Waals surface area contributed by atoms with Crippen LogP contribution in [0, 0.1) is 0 Å². The fourth-order valence-electron chi connectivity index (χ4n) is 3.12. The Bertz CT molecular complexity index is 720. The monoisotopic (exact) mass is 260 g/mol. The maximum atomic E-state index is 12.3. The minimum Gasteiger partial charge on any atom is -0.289 e. The molecule has 0 atom stereocenters. The average molecular weight is 260 g/mol. The van der Waals surface area contributed by atoms with Gasteiger partial charge < -0.3 is 0 Å². The van der Waals surface area contributed by atoms with Crippen LogP contribution in [0.5, 0.6) is 0 Å². The van der Waals surface area contributed by atoms with Crippen LogP contribution in [0.25, 0.3) is 5.57 Å². The molecule has 0 unspecified atom stereocenters. The van der Waals surface area contributed by atoms with Gasteiger partial charge in [-0.1, -0.05) is 48.5 Å². The highest BCUT2D eigenvalue weighted by molar-refractivity contribution is 6.12. The van der Waals surface area contributed by atoms with Gasteiger partial charge in [0.2, 0.25) is 0 Å². The van der Waals surface area contributed by atoms with Gasteiger partial charge >= 0.3 is 0 Å². The van der Waals surface area contributed by atoms with E-state index in [1.807, 2.05) is 24.3 Å². The molecular weight excluding hydrogens is 244 g/mol. The van der Waals surface area contributed by atoms with Gasteiger partial charge in [0, 0.05) is 5.56 Å². The standard InChI is InChI=1S/C19H16O/c20-19-12-15(11-14-5-1-2-8-18(14)19)17-7-4-3-6-16(17)13-9-10-13/h1-8,12-13H,9-11H2. The van der Waals surface area contributed by atoms with Crippen LogP contribution in [0.3, 0.4) is 0 Å². The highest BCUT2D eigenvalue weighted by atomic mass is 16.1. The van der Waals surface area contributed by atoms with Crippen LogP contribution in [-0.2, 0) is 6.42 Å². The van der Waals surface area contributed by atoms with E-state index in [1.165, 1.54) is 29.5 Å². The van der Waals surface area contributed by atoms with Crippen LogP contribution in [0.15, 0.2) is 54.6 Å². The van der Waals surface area contributed by atoms with Crippen LogP contribution in [-0.4, -0.2) is 5.78 Å². The molecule has 0 saturated heterocycles. The number of hydrogen-bond donors (Lipinski definition) is 0. The van der Waals surface area contributed by atoms with Crippen molar-refractivity contribution in [3.8, 4) is 0 Å². The van der Waals surface area contributed by atoms with Gasteiger partial charge in [0.1, 0.15) is 0 Å². The Balaban J connectivity index is 1.79.